The summed E-state index contributed by atoms with van der Waals surface area (Å²) in [7, 11) is 0. The molecule has 0 atom stereocenters. The van der Waals surface area contributed by atoms with E-state index in [4.69, 9.17) is 4.74 Å². The largest absolute Gasteiger partial charge is 0.439 e. The highest BCUT2D eigenvalue weighted by molar-refractivity contribution is 7.98. The van der Waals surface area contributed by atoms with E-state index in [1.165, 1.54) is 0 Å². The quantitative estimate of drug-likeness (QED) is 0.349. The van der Waals surface area contributed by atoms with Crippen molar-refractivity contribution in [2.75, 3.05) is 0 Å². The summed E-state index contributed by atoms with van der Waals surface area (Å²) in [6.45, 7) is 3.97. The van der Waals surface area contributed by atoms with Crippen LogP contribution in [0.25, 0.3) is 0 Å². The van der Waals surface area contributed by atoms with Crippen LogP contribution < -0.4 is 4.74 Å². The van der Waals surface area contributed by atoms with Crippen molar-refractivity contribution in [3.8, 4) is 11.6 Å². The maximum Gasteiger partial charge on any atom is 0.433 e. The van der Waals surface area contributed by atoms with Crippen LogP contribution in [0.1, 0.15) is 29.3 Å². The highest BCUT2D eigenvalue weighted by atomic mass is 32.2. The Morgan fingerprint density at radius 2 is 1.71 bits per heavy atom. The van der Waals surface area contributed by atoms with Gasteiger partial charge in [0.1, 0.15) is 5.75 Å². The van der Waals surface area contributed by atoms with Gasteiger partial charge >= 0.3 is 6.18 Å². The summed E-state index contributed by atoms with van der Waals surface area (Å²) in [6, 6.07) is 15.8. The second kappa shape index (κ2) is 8.65. The maximum atomic E-state index is 13.3. The van der Waals surface area contributed by atoms with E-state index in [1.54, 1.807) is 18.2 Å². The highest BCUT2D eigenvalue weighted by Crippen LogP contribution is 2.33. The van der Waals surface area contributed by atoms with Gasteiger partial charge in [-0.05, 0) is 36.6 Å². The first kappa shape index (κ1) is 20.2. The number of rotatable bonds is 6. The van der Waals surface area contributed by atoms with Crippen molar-refractivity contribution in [2.24, 2.45) is 0 Å². The maximum absolute atomic E-state index is 13.3. The number of nitrogens with zero attached hydrogens (tertiary/aromatic N) is 2. The average Bonchev–Trinajstić information content (AvgIpc) is 2.67. The molecule has 0 bridgehead atoms. The molecule has 0 N–H and O–H groups in total. The number of hydrogen-bond donors (Lipinski definition) is 0. The van der Waals surface area contributed by atoms with Gasteiger partial charge in [-0.2, -0.15) is 18.2 Å². The number of alkyl halides is 3. The van der Waals surface area contributed by atoms with Crippen molar-refractivity contribution in [3.63, 3.8) is 0 Å². The summed E-state index contributed by atoms with van der Waals surface area (Å²) in [5.74, 6) is 0.787. The van der Waals surface area contributed by atoms with E-state index in [2.05, 4.69) is 9.97 Å². The van der Waals surface area contributed by atoms with Gasteiger partial charge in [0.05, 0.1) is 0 Å². The molecule has 7 heteroatoms. The van der Waals surface area contributed by atoms with E-state index in [0.29, 0.717) is 11.5 Å². The summed E-state index contributed by atoms with van der Waals surface area (Å²) >= 11 is 1.14. The topological polar surface area (TPSA) is 35.0 Å². The fourth-order valence-electron chi connectivity index (χ4n) is 2.45. The van der Waals surface area contributed by atoms with Crippen LogP contribution in [-0.2, 0) is 18.3 Å². The monoisotopic (exact) mass is 404 g/mol. The van der Waals surface area contributed by atoms with E-state index in [-0.39, 0.29) is 11.0 Å². The van der Waals surface area contributed by atoms with Crippen LogP contribution in [0.2, 0.25) is 0 Å². The molecule has 0 aliphatic carbocycles. The molecule has 3 aromatic rings. The lowest BCUT2D eigenvalue weighted by Gasteiger charge is -2.11. The molecule has 0 amide bonds. The van der Waals surface area contributed by atoms with Crippen LogP contribution in [0.15, 0.2) is 59.8 Å². The number of ether oxygens (including phenoxy) is 1. The first-order valence-corrected chi connectivity index (χ1v) is 9.73. The Bertz CT molecular complexity index is 943. The Morgan fingerprint density at radius 3 is 2.39 bits per heavy atom. The fourth-order valence-corrected chi connectivity index (χ4v) is 3.25. The zero-order chi connectivity index (χ0) is 20.1. The van der Waals surface area contributed by atoms with E-state index in [1.807, 2.05) is 44.2 Å². The Hall–Kier alpha value is -2.54. The van der Waals surface area contributed by atoms with E-state index < -0.39 is 11.9 Å². The standard InChI is InChI=1S/C21H19F3N2OS/c1-3-15-5-4-6-17(11-15)27-19-12-18(21(22,23)24)25-20(26-19)28-13-16-9-7-14(2)8-10-16/h4-12H,3,13H2,1-2H3. The Labute approximate surface area is 166 Å². The molecule has 0 radical (unpaired) electrons. The van der Waals surface area contributed by atoms with Crippen molar-refractivity contribution >= 4 is 11.8 Å². The Morgan fingerprint density at radius 1 is 0.964 bits per heavy atom. The lowest BCUT2D eigenvalue weighted by molar-refractivity contribution is -0.141. The third-order valence-electron chi connectivity index (χ3n) is 3.99. The Balaban J connectivity index is 1.84. The lowest BCUT2D eigenvalue weighted by Crippen LogP contribution is -2.10. The van der Waals surface area contributed by atoms with Gasteiger partial charge in [0.15, 0.2) is 10.9 Å². The second-order valence-electron chi connectivity index (χ2n) is 6.25. The van der Waals surface area contributed by atoms with Gasteiger partial charge < -0.3 is 4.74 Å². The molecule has 0 saturated carbocycles. The lowest BCUT2D eigenvalue weighted by atomic mass is 10.2. The number of hydrogen-bond acceptors (Lipinski definition) is 4. The smallest absolute Gasteiger partial charge is 0.433 e. The highest BCUT2D eigenvalue weighted by Gasteiger charge is 2.34. The third-order valence-corrected chi connectivity index (χ3v) is 4.91. The third kappa shape index (κ3) is 5.48. The molecule has 0 aliphatic heterocycles. The molecule has 1 aromatic heterocycles. The summed E-state index contributed by atoms with van der Waals surface area (Å²) in [5.41, 5.74) is 2.11. The summed E-state index contributed by atoms with van der Waals surface area (Å²) < 4.78 is 45.4. The first-order valence-electron chi connectivity index (χ1n) is 8.75. The van der Waals surface area contributed by atoms with Gasteiger partial charge in [-0.1, -0.05) is 60.6 Å². The van der Waals surface area contributed by atoms with Crippen LogP contribution in [0.5, 0.6) is 11.6 Å². The molecule has 146 valence electrons. The SMILES string of the molecule is CCc1cccc(Oc2cc(C(F)(F)F)nc(SCc3ccc(C)cc3)n2)c1. The van der Waals surface area contributed by atoms with Gasteiger partial charge in [-0.3, -0.25) is 0 Å². The number of thioether (sulfide) groups is 1. The molecule has 2 aromatic carbocycles. The molecule has 1 heterocycles. The van der Waals surface area contributed by atoms with Gasteiger partial charge in [-0.25, -0.2) is 4.98 Å². The zero-order valence-electron chi connectivity index (χ0n) is 15.5. The number of halogens is 3. The molecular weight excluding hydrogens is 385 g/mol. The molecule has 0 unspecified atom stereocenters. The Kier molecular flexibility index (Phi) is 6.24. The molecule has 0 saturated heterocycles. The van der Waals surface area contributed by atoms with Crippen LogP contribution in [0.4, 0.5) is 13.2 Å². The van der Waals surface area contributed by atoms with Gasteiger partial charge in [0.2, 0.25) is 5.88 Å². The minimum Gasteiger partial charge on any atom is -0.439 e. The fraction of sp³-hybridized carbons (Fsp3) is 0.238. The van der Waals surface area contributed by atoms with Crippen molar-refractivity contribution in [3.05, 3.63) is 77.0 Å². The normalized spacial score (nSPS) is 11.5. The minimum atomic E-state index is -4.58. The van der Waals surface area contributed by atoms with Crippen molar-refractivity contribution in [2.45, 2.75) is 37.4 Å². The molecule has 3 nitrogen and oxygen atoms in total. The zero-order valence-corrected chi connectivity index (χ0v) is 16.3. The van der Waals surface area contributed by atoms with Gasteiger partial charge in [0, 0.05) is 11.8 Å². The number of benzene rings is 2. The minimum absolute atomic E-state index is 0.0250. The van der Waals surface area contributed by atoms with E-state index >= 15 is 0 Å². The van der Waals surface area contributed by atoms with Crippen LogP contribution in [-0.4, -0.2) is 9.97 Å². The second-order valence-corrected chi connectivity index (χ2v) is 7.19. The van der Waals surface area contributed by atoms with E-state index in [0.717, 1.165) is 40.9 Å². The molecule has 3 rings (SSSR count). The number of aryl methyl sites for hydroxylation is 2. The summed E-state index contributed by atoms with van der Waals surface area (Å²) in [4.78, 5) is 7.82. The van der Waals surface area contributed by atoms with E-state index in [9.17, 15) is 13.2 Å². The molecular formula is C21H19F3N2OS. The molecule has 0 aliphatic rings. The van der Waals surface area contributed by atoms with Crippen LogP contribution in [0.3, 0.4) is 0 Å². The molecule has 0 spiro atoms. The van der Waals surface area contributed by atoms with Gasteiger partial charge in [0.25, 0.3) is 0 Å². The predicted molar refractivity (Wildman–Crippen MR) is 104 cm³/mol. The summed E-state index contributed by atoms with van der Waals surface area (Å²) in [6.07, 6.45) is -3.78. The van der Waals surface area contributed by atoms with Gasteiger partial charge in [-0.15, -0.1) is 0 Å². The van der Waals surface area contributed by atoms with Crippen molar-refractivity contribution in [1.82, 2.24) is 9.97 Å². The first-order chi connectivity index (χ1) is 13.3. The molecule has 0 fully saturated rings. The number of aromatic nitrogens is 2. The predicted octanol–water partition coefficient (Wildman–Crippen LogP) is 6.45. The molecule has 28 heavy (non-hydrogen) atoms. The van der Waals surface area contributed by atoms with Crippen molar-refractivity contribution < 1.29 is 17.9 Å². The van der Waals surface area contributed by atoms with Crippen molar-refractivity contribution in [1.29, 1.82) is 0 Å². The summed E-state index contributed by atoms with van der Waals surface area (Å²) in [5, 5.41) is 0.0250. The average molecular weight is 404 g/mol. The van der Waals surface area contributed by atoms with Crippen LogP contribution in [0, 0.1) is 6.92 Å². The van der Waals surface area contributed by atoms with Crippen LogP contribution >= 0.6 is 11.8 Å².